The van der Waals surface area contributed by atoms with Gasteiger partial charge < -0.3 is 10.2 Å². The summed E-state index contributed by atoms with van der Waals surface area (Å²) < 4.78 is 13.6. The molecule has 0 bridgehead atoms. The Morgan fingerprint density at radius 1 is 1.52 bits per heavy atom. The van der Waals surface area contributed by atoms with Gasteiger partial charge in [-0.05, 0) is 26.5 Å². The minimum absolute atomic E-state index is 0.307. The summed E-state index contributed by atoms with van der Waals surface area (Å²) in [6, 6.07) is 3.29. The van der Waals surface area contributed by atoms with Gasteiger partial charge in [-0.2, -0.15) is 0 Å². The van der Waals surface area contributed by atoms with Gasteiger partial charge in [-0.25, -0.2) is 4.39 Å². The Bertz CT molecular complexity index is 522. The highest BCUT2D eigenvalue weighted by atomic mass is 19.1. The Labute approximate surface area is 123 Å². The predicted molar refractivity (Wildman–Crippen MR) is 77.8 cm³/mol. The summed E-state index contributed by atoms with van der Waals surface area (Å²) in [5, 5.41) is 13.2. The van der Waals surface area contributed by atoms with Gasteiger partial charge in [-0.3, -0.25) is 14.9 Å². The highest BCUT2D eigenvalue weighted by molar-refractivity contribution is 5.95. The third kappa shape index (κ3) is 4.78. The van der Waals surface area contributed by atoms with E-state index in [2.05, 4.69) is 24.1 Å². The lowest BCUT2D eigenvalue weighted by Crippen LogP contribution is -2.37. The second-order valence-electron chi connectivity index (χ2n) is 4.92. The number of nitro benzene ring substituents is 1. The summed E-state index contributed by atoms with van der Waals surface area (Å²) in [5.41, 5.74) is -0.617. The van der Waals surface area contributed by atoms with Crippen molar-refractivity contribution in [3.8, 4) is 0 Å². The molecule has 0 fully saturated rings. The number of carbonyl (C=O) groups is 1. The molecule has 1 unspecified atom stereocenters. The number of nitrogens with one attached hydrogen (secondary N) is 1. The molecule has 0 heterocycles. The lowest BCUT2D eigenvalue weighted by Gasteiger charge is -2.23. The summed E-state index contributed by atoms with van der Waals surface area (Å²) >= 11 is 0. The number of hydrogen-bond acceptors (Lipinski definition) is 4. The van der Waals surface area contributed by atoms with Crippen LogP contribution in [0, 0.1) is 15.9 Å². The van der Waals surface area contributed by atoms with E-state index >= 15 is 0 Å². The molecule has 0 saturated carbocycles. The zero-order chi connectivity index (χ0) is 16.0. The topological polar surface area (TPSA) is 75.5 Å². The largest absolute Gasteiger partial charge is 0.351 e. The maximum absolute atomic E-state index is 13.6. The van der Waals surface area contributed by atoms with E-state index in [4.69, 9.17) is 0 Å². The number of non-ortho nitro benzene ring substituents is 1. The molecule has 116 valence electrons. The molecule has 0 aliphatic rings. The highest BCUT2D eigenvalue weighted by Crippen LogP contribution is 2.16. The first-order valence-corrected chi connectivity index (χ1v) is 6.79. The van der Waals surface area contributed by atoms with Crippen LogP contribution in [0.3, 0.4) is 0 Å². The molecule has 7 heteroatoms. The summed E-state index contributed by atoms with van der Waals surface area (Å²) in [7, 11) is 1.94. The van der Waals surface area contributed by atoms with Crippen molar-refractivity contribution in [1.29, 1.82) is 0 Å². The van der Waals surface area contributed by atoms with Gasteiger partial charge in [0.1, 0.15) is 5.82 Å². The van der Waals surface area contributed by atoms with Crippen LogP contribution in [0.1, 0.15) is 30.6 Å². The van der Waals surface area contributed by atoms with E-state index in [0.717, 1.165) is 24.6 Å². The first kappa shape index (κ1) is 17.0. The third-order valence-corrected chi connectivity index (χ3v) is 3.50. The van der Waals surface area contributed by atoms with E-state index in [1.165, 1.54) is 0 Å². The van der Waals surface area contributed by atoms with Crippen molar-refractivity contribution < 1.29 is 14.1 Å². The van der Waals surface area contributed by atoms with Crippen LogP contribution in [-0.4, -0.2) is 41.9 Å². The van der Waals surface area contributed by atoms with E-state index in [0.29, 0.717) is 19.1 Å². The van der Waals surface area contributed by atoms with Gasteiger partial charge in [0.2, 0.25) is 0 Å². The normalized spacial score (nSPS) is 12.2. The monoisotopic (exact) mass is 297 g/mol. The lowest BCUT2D eigenvalue weighted by molar-refractivity contribution is -0.384. The number of nitrogens with zero attached hydrogens (tertiary/aromatic N) is 2. The molecule has 1 N–H and O–H groups in total. The highest BCUT2D eigenvalue weighted by Gasteiger charge is 2.17. The zero-order valence-electron chi connectivity index (χ0n) is 12.4. The van der Waals surface area contributed by atoms with Crippen LogP contribution in [0.4, 0.5) is 10.1 Å². The minimum atomic E-state index is -0.770. The van der Waals surface area contributed by atoms with Crippen molar-refractivity contribution in [1.82, 2.24) is 10.2 Å². The molecule has 6 nitrogen and oxygen atoms in total. The number of carbonyl (C=O) groups excluding carboxylic acids is 1. The van der Waals surface area contributed by atoms with Crippen LogP contribution in [0.15, 0.2) is 18.2 Å². The first-order chi connectivity index (χ1) is 9.86. The number of halogens is 1. The minimum Gasteiger partial charge on any atom is -0.351 e. The Morgan fingerprint density at radius 3 is 2.76 bits per heavy atom. The molecule has 1 aromatic rings. The second-order valence-corrected chi connectivity index (χ2v) is 4.92. The number of nitro groups is 1. The van der Waals surface area contributed by atoms with Gasteiger partial charge in [-0.1, -0.05) is 6.92 Å². The van der Waals surface area contributed by atoms with Crippen LogP contribution in [0.5, 0.6) is 0 Å². The molecule has 0 aliphatic carbocycles. The summed E-state index contributed by atoms with van der Waals surface area (Å²) in [5.74, 6) is -1.41. The van der Waals surface area contributed by atoms with Gasteiger partial charge in [0, 0.05) is 31.3 Å². The van der Waals surface area contributed by atoms with Gasteiger partial charge in [0.25, 0.3) is 11.6 Å². The van der Waals surface area contributed by atoms with Gasteiger partial charge >= 0.3 is 0 Å². The molecule has 21 heavy (non-hydrogen) atoms. The molecule has 0 saturated heterocycles. The maximum atomic E-state index is 13.6. The van der Waals surface area contributed by atoms with Crippen LogP contribution in [0.25, 0.3) is 0 Å². The molecule has 0 spiro atoms. The standard InChI is InChI=1S/C14H20FN3O3/c1-4-10(2)17(3)8-7-16-14(19)12-9-11(18(20)21)5-6-13(12)15/h5-6,9-10H,4,7-8H2,1-3H3,(H,16,19). The number of amides is 1. The fourth-order valence-electron chi connectivity index (χ4n) is 1.77. The van der Waals surface area contributed by atoms with Crippen molar-refractivity contribution >= 4 is 11.6 Å². The average molecular weight is 297 g/mol. The molecular formula is C14H20FN3O3. The molecule has 0 aromatic heterocycles. The Kier molecular flexibility index (Phi) is 6.23. The predicted octanol–water partition coefficient (Wildman–Crippen LogP) is 2.19. The van der Waals surface area contributed by atoms with Crippen molar-refractivity contribution in [3.05, 3.63) is 39.7 Å². The number of rotatable bonds is 7. The number of likely N-dealkylation sites (N-methyl/N-ethyl adjacent to an activating group) is 1. The van der Waals surface area contributed by atoms with Crippen LogP contribution in [-0.2, 0) is 0 Å². The molecule has 1 aromatic carbocycles. The summed E-state index contributed by atoms with van der Waals surface area (Å²) in [6.07, 6.45) is 0.990. The number of benzene rings is 1. The molecule has 1 amide bonds. The average Bonchev–Trinajstić information content (AvgIpc) is 2.46. The molecule has 1 atom stereocenters. The zero-order valence-corrected chi connectivity index (χ0v) is 12.4. The fourth-order valence-corrected chi connectivity index (χ4v) is 1.77. The Hall–Kier alpha value is -2.02. The molecule has 1 rings (SSSR count). The molecule has 0 aliphatic heterocycles. The van der Waals surface area contributed by atoms with Crippen LogP contribution >= 0.6 is 0 Å². The van der Waals surface area contributed by atoms with Crippen LogP contribution < -0.4 is 5.32 Å². The Morgan fingerprint density at radius 2 is 2.19 bits per heavy atom. The van der Waals surface area contributed by atoms with E-state index < -0.39 is 16.6 Å². The summed E-state index contributed by atoms with van der Waals surface area (Å²) in [4.78, 5) is 23.9. The summed E-state index contributed by atoms with van der Waals surface area (Å²) in [6.45, 7) is 5.11. The maximum Gasteiger partial charge on any atom is 0.270 e. The van der Waals surface area contributed by atoms with Gasteiger partial charge in [0.15, 0.2) is 0 Å². The third-order valence-electron chi connectivity index (χ3n) is 3.50. The van der Waals surface area contributed by atoms with E-state index in [-0.39, 0.29) is 11.3 Å². The van der Waals surface area contributed by atoms with Gasteiger partial charge in [-0.15, -0.1) is 0 Å². The van der Waals surface area contributed by atoms with E-state index in [1.807, 2.05) is 7.05 Å². The van der Waals surface area contributed by atoms with Crippen molar-refractivity contribution in [2.24, 2.45) is 0 Å². The Balaban J connectivity index is 2.64. The van der Waals surface area contributed by atoms with Crippen LogP contribution in [0.2, 0.25) is 0 Å². The smallest absolute Gasteiger partial charge is 0.270 e. The molecular weight excluding hydrogens is 277 g/mol. The van der Waals surface area contributed by atoms with Gasteiger partial charge in [0.05, 0.1) is 10.5 Å². The lowest BCUT2D eigenvalue weighted by atomic mass is 10.1. The van der Waals surface area contributed by atoms with Crippen molar-refractivity contribution in [3.63, 3.8) is 0 Å². The second kappa shape index (κ2) is 7.68. The fraction of sp³-hybridized carbons (Fsp3) is 0.500. The van der Waals surface area contributed by atoms with Crippen molar-refractivity contribution in [2.45, 2.75) is 26.3 Å². The molecule has 0 radical (unpaired) electrons. The van der Waals surface area contributed by atoms with Crippen molar-refractivity contribution in [2.75, 3.05) is 20.1 Å². The van der Waals surface area contributed by atoms with E-state index in [9.17, 15) is 19.3 Å². The number of hydrogen-bond donors (Lipinski definition) is 1. The first-order valence-electron chi connectivity index (χ1n) is 6.79. The SMILES string of the molecule is CCC(C)N(C)CCNC(=O)c1cc([N+](=O)[O-])ccc1F. The quantitative estimate of drug-likeness (QED) is 0.618. The van der Waals surface area contributed by atoms with E-state index in [1.54, 1.807) is 0 Å².